The van der Waals surface area contributed by atoms with Gasteiger partial charge in [0.2, 0.25) is 0 Å². The van der Waals surface area contributed by atoms with E-state index in [1.807, 2.05) is 0 Å². The van der Waals surface area contributed by atoms with Gasteiger partial charge in [0, 0.05) is 0 Å². The summed E-state index contributed by atoms with van der Waals surface area (Å²) in [5, 5.41) is 50.3. The van der Waals surface area contributed by atoms with Gasteiger partial charge in [-0.05, 0) is 12.0 Å². The molecule has 2 rings (SSSR count). The SMILES string of the molecule is O=C(O)C(Cc1ccccc1)N[C@@]1(O)O[C@H](CO)[C@@H](O)[C@H]1O. The molecule has 0 saturated carbocycles. The highest BCUT2D eigenvalue weighted by atomic mass is 16.7. The number of aliphatic hydroxyl groups is 4. The van der Waals surface area contributed by atoms with Crippen LogP contribution in [0, 0.1) is 0 Å². The Morgan fingerprint density at radius 1 is 1.32 bits per heavy atom. The molecule has 1 saturated heterocycles. The highest BCUT2D eigenvalue weighted by Gasteiger charge is 2.54. The second kappa shape index (κ2) is 6.69. The molecular formula is C14H19NO7. The van der Waals surface area contributed by atoms with E-state index < -0.39 is 42.8 Å². The van der Waals surface area contributed by atoms with Crippen LogP contribution in [0.1, 0.15) is 5.56 Å². The zero-order valence-corrected chi connectivity index (χ0v) is 11.7. The van der Waals surface area contributed by atoms with Crippen LogP contribution in [-0.2, 0) is 16.0 Å². The minimum absolute atomic E-state index is 0.0362. The summed E-state index contributed by atoms with van der Waals surface area (Å²) >= 11 is 0. The molecule has 1 heterocycles. The first kappa shape index (κ1) is 16.8. The number of carbonyl (C=O) groups is 1. The molecule has 6 N–H and O–H groups in total. The highest BCUT2D eigenvalue weighted by Crippen LogP contribution is 2.27. The second-order valence-corrected chi connectivity index (χ2v) is 5.20. The normalized spacial score (nSPS) is 32.8. The lowest BCUT2D eigenvalue weighted by atomic mass is 10.0. The predicted octanol–water partition coefficient (Wildman–Crippen LogP) is -1.97. The number of aliphatic hydroxyl groups excluding tert-OH is 3. The number of benzene rings is 1. The van der Waals surface area contributed by atoms with E-state index in [1.165, 1.54) is 0 Å². The summed E-state index contributed by atoms with van der Waals surface area (Å²) in [6.45, 7) is -0.626. The number of nitrogens with one attached hydrogen (secondary N) is 1. The summed E-state index contributed by atoms with van der Waals surface area (Å²) in [5.74, 6) is -3.71. The van der Waals surface area contributed by atoms with Crippen molar-refractivity contribution in [3.63, 3.8) is 0 Å². The van der Waals surface area contributed by atoms with Crippen molar-refractivity contribution in [3.8, 4) is 0 Å². The largest absolute Gasteiger partial charge is 0.480 e. The molecular weight excluding hydrogens is 294 g/mol. The van der Waals surface area contributed by atoms with Gasteiger partial charge in [0.25, 0.3) is 5.91 Å². The third kappa shape index (κ3) is 3.43. The van der Waals surface area contributed by atoms with Crippen LogP contribution < -0.4 is 5.32 Å². The summed E-state index contributed by atoms with van der Waals surface area (Å²) in [6, 6.07) is 7.46. The van der Waals surface area contributed by atoms with E-state index in [4.69, 9.17) is 9.84 Å². The number of ether oxygens (including phenoxy) is 1. The number of carboxylic acid groups (broad SMARTS) is 1. The van der Waals surface area contributed by atoms with Gasteiger partial charge in [-0.2, -0.15) is 0 Å². The average molecular weight is 313 g/mol. The van der Waals surface area contributed by atoms with Gasteiger partial charge in [-0.25, -0.2) is 0 Å². The molecule has 0 spiro atoms. The Labute approximate surface area is 126 Å². The van der Waals surface area contributed by atoms with E-state index in [-0.39, 0.29) is 6.42 Å². The fourth-order valence-corrected chi connectivity index (χ4v) is 2.37. The molecule has 1 aliphatic heterocycles. The van der Waals surface area contributed by atoms with Gasteiger partial charge >= 0.3 is 5.97 Å². The molecule has 1 aliphatic rings. The summed E-state index contributed by atoms with van der Waals surface area (Å²) in [6.07, 6.45) is -4.50. The van der Waals surface area contributed by atoms with E-state index >= 15 is 0 Å². The Morgan fingerprint density at radius 2 is 1.95 bits per heavy atom. The van der Waals surface area contributed by atoms with Crippen molar-refractivity contribution >= 4 is 5.97 Å². The monoisotopic (exact) mass is 313 g/mol. The zero-order valence-electron chi connectivity index (χ0n) is 11.7. The molecule has 0 aliphatic carbocycles. The minimum atomic E-state index is -2.45. The standard InChI is InChI=1S/C14H19NO7/c16-7-10-11(17)12(18)14(21,22-10)15-9(13(19)20)6-8-4-2-1-3-5-8/h1-5,9-12,15-18,21H,6-7H2,(H,19,20)/t9?,10-,11-,12-,14+/m1/s1. The molecule has 1 aromatic rings. The Balaban J connectivity index is 2.12. The first-order valence-electron chi connectivity index (χ1n) is 6.79. The maximum atomic E-state index is 11.4. The molecule has 0 radical (unpaired) electrons. The van der Waals surface area contributed by atoms with Crippen molar-refractivity contribution in [2.24, 2.45) is 0 Å². The van der Waals surface area contributed by atoms with Gasteiger partial charge in [0.1, 0.15) is 18.2 Å². The first-order valence-corrected chi connectivity index (χ1v) is 6.79. The summed E-state index contributed by atoms with van der Waals surface area (Å²) < 4.78 is 4.97. The van der Waals surface area contributed by atoms with Crippen LogP contribution in [0.2, 0.25) is 0 Å². The van der Waals surface area contributed by atoms with Crippen molar-refractivity contribution < 1.29 is 35.1 Å². The molecule has 8 heteroatoms. The van der Waals surface area contributed by atoms with Crippen LogP contribution >= 0.6 is 0 Å². The molecule has 8 nitrogen and oxygen atoms in total. The van der Waals surface area contributed by atoms with E-state index in [1.54, 1.807) is 30.3 Å². The Kier molecular flexibility index (Phi) is 5.12. The van der Waals surface area contributed by atoms with Crippen molar-refractivity contribution in [2.45, 2.75) is 36.7 Å². The van der Waals surface area contributed by atoms with Crippen LogP contribution in [0.25, 0.3) is 0 Å². The van der Waals surface area contributed by atoms with Gasteiger partial charge in [-0.3, -0.25) is 10.1 Å². The second-order valence-electron chi connectivity index (χ2n) is 5.20. The summed E-state index contributed by atoms with van der Waals surface area (Å²) in [4.78, 5) is 11.4. The highest BCUT2D eigenvalue weighted by molar-refractivity contribution is 5.74. The number of aliphatic carboxylic acids is 1. The van der Waals surface area contributed by atoms with Crippen LogP contribution in [0.4, 0.5) is 0 Å². The van der Waals surface area contributed by atoms with Crippen molar-refractivity contribution in [1.82, 2.24) is 5.32 Å². The third-order valence-corrected chi connectivity index (χ3v) is 3.58. The number of rotatable bonds is 6. The van der Waals surface area contributed by atoms with E-state index in [2.05, 4.69) is 5.32 Å². The van der Waals surface area contributed by atoms with Crippen molar-refractivity contribution in [1.29, 1.82) is 0 Å². The molecule has 122 valence electrons. The number of hydrogen-bond acceptors (Lipinski definition) is 7. The third-order valence-electron chi connectivity index (χ3n) is 3.58. The molecule has 0 bridgehead atoms. The van der Waals surface area contributed by atoms with Crippen LogP contribution in [0.5, 0.6) is 0 Å². The van der Waals surface area contributed by atoms with Crippen molar-refractivity contribution in [3.05, 3.63) is 35.9 Å². The zero-order chi connectivity index (χ0) is 16.3. The van der Waals surface area contributed by atoms with Crippen LogP contribution in [0.15, 0.2) is 30.3 Å². The molecule has 1 unspecified atom stereocenters. The summed E-state index contributed by atoms with van der Waals surface area (Å²) in [5.41, 5.74) is 0.706. The lowest BCUT2D eigenvalue weighted by molar-refractivity contribution is -0.255. The van der Waals surface area contributed by atoms with E-state index in [0.717, 1.165) is 0 Å². The Morgan fingerprint density at radius 3 is 2.45 bits per heavy atom. The molecule has 5 atom stereocenters. The van der Waals surface area contributed by atoms with Crippen LogP contribution in [0.3, 0.4) is 0 Å². The van der Waals surface area contributed by atoms with Crippen LogP contribution in [-0.4, -0.2) is 68.4 Å². The Hall–Kier alpha value is -1.55. The first-order chi connectivity index (χ1) is 10.4. The van der Waals surface area contributed by atoms with Gasteiger partial charge < -0.3 is 30.3 Å². The van der Waals surface area contributed by atoms with E-state index in [0.29, 0.717) is 5.56 Å². The molecule has 0 amide bonds. The quantitative estimate of drug-likeness (QED) is 0.332. The molecule has 1 fully saturated rings. The van der Waals surface area contributed by atoms with Gasteiger partial charge in [-0.15, -0.1) is 0 Å². The minimum Gasteiger partial charge on any atom is -0.480 e. The number of hydrogen-bond donors (Lipinski definition) is 6. The maximum absolute atomic E-state index is 11.4. The lowest BCUT2D eigenvalue weighted by Crippen LogP contribution is -2.60. The topological polar surface area (TPSA) is 139 Å². The molecule has 0 aromatic heterocycles. The fraction of sp³-hybridized carbons (Fsp3) is 0.500. The van der Waals surface area contributed by atoms with E-state index in [9.17, 15) is 25.2 Å². The van der Waals surface area contributed by atoms with Gasteiger partial charge in [-0.1, -0.05) is 30.3 Å². The van der Waals surface area contributed by atoms with Gasteiger partial charge in [0.15, 0.2) is 6.10 Å². The summed E-state index contributed by atoms with van der Waals surface area (Å²) in [7, 11) is 0. The molecule has 22 heavy (non-hydrogen) atoms. The predicted molar refractivity (Wildman–Crippen MR) is 73.6 cm³/mol. The van der Waals surface area contributed by atoms with Gasteiger partial charge in [0.05, 0.1) is 6.61 Å². The smallest absolute Gasteiger partial charge is 0.321 e. The average Bonchev–Trinajstić information content (AvgIpc) is 2.72. The fourth-order valence-electron chi connectivity index (χ4n) is 2.37. The maximum Gasteiger partial charge on any atom is 0.321 e. The van der Waals surface area contributed by atoms with Crippen molar-refractivity contribution in [2.75, 3.05) is 6.61 Å². The molecule has 1 aromatic carbocycles. The Bertz CT molecular complexity index is 511. The number of carboxylic acids is 1. The lowest BCUT2D eigenvalue weighted by Gasteiger charge is -2.30.